The maximum absolute atomic E-state index is 12.7. The van der Waals surface area contributed by atoms with Crippen molar-refractivity contribution in [1.82, 2.24) is 4.98 Å². The van der Waals surface area contributed by atoms with Crippen LogP contribution in [-0.2, 0) is 5.88 Å². The smallest absolute Gasteiger partial charge is 0.405 e. The zero-order valence-corrected chi connectivity index (χ0v) is 10.3. The minimum atomic E-state index is -5.13. The summed E-state index contributed by atoms with van der Waals surface area (Å²) in [6, 6.07) is 0.506. The SMILES string of the molecule is O=C(Cl)c1cc(OC(F)(F)F)c(CCl)c(C(F)F)n1. The first-order valence-electron chi connectivity index (χ1n) is 4.49. The van der Waals surface area contributed by atoms with Gasteiger partial charge in [0.15, 0.2) is 0 Å². The first-order chi connectivity index (χ1) is 8.65. The molecule has 0 bridgehead atoms. The van der Waals surface area contributed by atoms with E-state index in [2.05, 4.69) is 9.72 Å². The van der Waals surface area contributed by atoms with Gasteiger partial charge in [0, 0.05) is 11.6 Å². The van der Waals surface area contributed by atoms with Crippen molar-refractivity contribution in [3.05, 3.63) is 23.0 Å². The van der Waals surface area contributed by atoms with Crippen molar-refractivity contribution in [2.24, 2.45) is 0 Å². The molecule has 1 rings (SSSR count). The highest BCUT2D eigenvalue weighted by molar-refractivity contribution is 6.67. The van der Waals surface area contributed by atoms with Crippen LogP contribution in [0, 0.1) is 0 Å². The van der Waals surface area contributed by atoms with Crippen LogP contribution in [0.4, 0.5) is 22.0 Å². The van der Waals surface area contributed by atoms with Gasteiger partial charge in [-0.15, -0.1) is 24.8 Å². The number of halogens is 7. The van der Waals surface area contributed by atoms with Gasteiger partial charge in [0.2, 0.25) is 0 Å². The molecule has 106 valence electrons. The van der Waals surface area contributed by atoms with E-state index in [1.165, 1.54) is 0 Å². The van der Waals surface area contributed by atoms with E-state index in [4.69, 9.17) is 23.2 Å². The number of nitrogens with zero attached hydrogens (tertiary/aromatic N) is 1. The summed E-state index contributed by atoms with van der Waals surface area (Å²) in [5.41, 5.74) is -2.53. The van der Waals surface area contributed by atoms with Gasteiger partial charge in [-0.1, -0.05) is 0 Å². The molecule has 10 heteroatoms. The zero-order valence-electron chi connectivity index (χ0n) is 8.77. The number of rotatable bonds is 4. The average molecular weight is 324 g/mol. The maximum atomic E-state index is 12.7. The fraction of sp³-hybridized carbons (Fsp3) is 0.333. The Morgan fingerprint density at radius 3 is 2.37 bits per heavy atom. The number of hydrogen-bond acceptors (Lipinski definition) is 3. The number of alkyl halides is 6. The second kappa shape index (κ2) is 5.87. The van der Waals surface area contributed by atoms with Crippen molar-refractivity contribution in [2.75, 3.05) is 0 Å². The molecule has 0 aliphatic heterocycles. The molecule has 0 N–H and O–H groups in total. The summed E-state index contributed by atoms with van der Waals surface area (Å²) in [5, 5.41) is -1.30. The van der Waals surface area contributed by atoms with E-state index in [9.17, 15) is 26.7 Å². The maximum Gasteiger partial charge on any atom is 0.573 e. The van der Waals surface area contributed by atoms with Crippen LogP contribution in [0.2, 0.25) is 0 Å². The molecule has 19 heavy (non-hydrogen) atoms. The molecule has 0 aromatic carbocycles. The van der Waals surface area contributed by atoms with Gasteiger partial charge in [-0.25, -0.2) is 13.8 Å². The van der Waals surface area contributed by atoms with Gasteiger partial charge >= 0.3 is 6.36 Å². The van der Waals surface area contributed by atoms with Crippen LogP contribution in [0.25, 0.3) is 0 Å². The molecule has 0 atom stereocenters. The Bertz CT molecular complexity index is 492. The van der Waals surface area contributed by atoms with Crippen molar-refractivity contribution in [3.63, 3.8) is 0 Å². The number of carbonyl (C=O) groups is 1. The minimum Gasteiger partial charge on any atom is -0.405 e. The minimum absolute atomic E-state index is 0.506. The highest BCUT2D eigenvalue weighted by Crippen LogP contribution is 2.34. The lowest BCUT2D eigenvalue weighted by Gasteiger charge is -2.15. The van der Waals surface area contributed by atoms with E-state index >= 15 is 0 Å². The molecule has 0 saturated heterocycles. The Morgan fingerprint density at radius 2 is 2.00 bits per heavy atom. The molecule has 0 unspecified atom stereocenters. The summed E-state index contributed by atoms with van der Waals surface area (Å²) < 4.78 is 65.3. The Labute approximate surface area is 113 Å². The molecule has 1 aromatic rings. The molecule has 0 aliphatic rings. The summed E-state index contributed by atoms with van der Waals surface area (Å²) in [6.45, 7) is 0. The largest absolute Gasteiger partial charge is 0.573 e. The molecule has 0 amide bonds. The number of carbonyl (C=O) groups excluding carboxylic acids is 1. The Kier molecular flexibility index (Phi) is 4.92. The molecular formula is C9H4Cl2F5NO2. The van der Waals surface area contributed by atoms with Gasteiger partial charge in [0.1, 0.15) is 17.1 Å². The van der Waals surface area contributed by atoms with Crippen LogP contribution in [0.5, 0.6) is 5.75 Å². The molecule has 0 saturated carbocycles. The first-order valence-corrected chi connectivity index (χ1v) is 5.40. The monoisotopic (exact) mass is 323 g/mol. The quantitative estimate of drug-likeness (QED) is 0.477. The molecule has 0 radical (unpaired) electrons. The zero-order chi connectivity index (χ0) is 14.8. The topological polar surface area (TPSA) is 39.2 Å². The highest BCUT2D eigenvalue weighted by atomic mass is 35.5. The first kappa shape index (κ1) is 15.9. The third-order valence-electron chi connectivity index (χ3n) is 1.88. The summed E-state index contributed by atoms with van der Waals surface area (Å²) in [5.74, 6) is -1.73. The molecule has 3 nitrogen and oxygen atoms in total. The van der Waals surface area contributed by atoms with Gasteiger partial charge in [0.05, 0.1) is 5.88 Å². The average Bonchev–Trinajstić information content (AvgIpc) is 2.25. The van der Waals surface area contributed by atoms with Gasteiger partial charge in [0.25, 0.3) is 11.7 Å². The lowest BCUT2D eigenvalue weighted by Crippen LogP contribution is -2.19. The van der Waals surface area contributed by atoms with E-state index in [0.717, 1.165) is 0 Å². The van der Waals surface area contributed by atoms with Crippen LogP contribution in [0.15, 0.2) is 6.07 Å². The second-order valence-electron chi connectivity index (χ2n) is 3.13. The number of hydrogen-bond donors (Lipinski definition) is 0. The number of pyridine rings is 1. The summed E-state index contributed by atoms with van der Waals surface area (Å²) in [7, 11) is 0. The highest BCUT2D eigenvalue weighted by Gasteiger charge is 2.34. The predicted octanol–water partition coefficient (Wildman–Crippen LogP) is 4.04. The van der Waals surface area contributed by atoms with Crippen molar-refractivity contribution < 1.29 is 31.5 Å². The standard InChI is InChI=1S/C9H4Cl2F5NO2/c10-2-3-5(19-9(14,15)16)1-4(7(11)18)17-6(3)8(12)13/h1,8H,2H2. The Hall–Kier alpha value is -1.15. The van der Waals surface area contributed by atoms with Crippen LogP contribution in [0.1, 0.15) is 28.2 Å². The van der Waals surface area contributed by atoms with E-state index in [-0.39, 0.29) is 0 Å². The van der Waals surface area contributed by atoms with Gasteiger partial charge in [-0.05, 0) is 11.6 Å². The number of ether oxygens (including phenoxy) is 1. The fourth-order valence-corrected chi connectivity index (χ4v) is 1.56. The van der Waals surface area contributed by atoms with E-state index < -0.39 is 46.6 Å². The van der Waals surface area contributed by atoms with Crippen molar-refractivity contribution in [2.45, 2.75) is 18.7 Å². The van der Waals surface area contributed by atoms with Crippen LogP contribution >= 0.6 is 23.2 Å². The molecule has 0 spiro atoms. The van der Waals surface area contributed by atoms with Crippen LogP contribution in [0.3, 0.4) is 0 Å². The lowest BCUT2D eigenvalue weighted by molar-refractivity contribution is -0.274. The Balaban J connectivity index is 3.44. The molecule has 1 aromatic heterocycles. The van der Waals surface area contributed by atoms with Crippen molar-refractivity contribution in [1.29, 1.82) is 0 Å². The van der Waals surface area contributed by atoms with Crippen LogP contribution < -0.4 is 4.74 Å². The number of aromatic nitrogens is 1. The molecule has 0 aliphatic carbocycles. The molecular weight excluding hydrogens is 320 g/mol. The van der Waals surface area contributed by atoms with E-state index in [1.807, 2.05) is 0 Å². The second-order valence-corrected chi connectivity index (χ2v) is 3.74. The van der Waals surface area contributed by atoms with Crippen LogP contribution in [-0.4, -0.2) is 16.6 Å². The van der Waals surface area contributed by atoms with Gasteiger partial charge in [-0.2, -0.15) is 0 Å². The third-order valence-corrected chi connectivity index (χ3v) is 2.34. The van der Waals surface area contributed by atoms with Gasteiger partial charge < -0.3 is 4.74 Å². The van der Waals surface area contributed by atoms with E-state index in [1.54, 1.807) is 0 Å². The van der Waals surface area contributed by atoms with E-state index in [0.29, 0.717) is 6.07 Å². The molecule has 0 fully saturated rings. The third kappa shape index (κ3) is 4.17. The Morgan fingerprint density at radius 1 is 1.42 bits per heavy atom. The lowest BCUT2D eigenvalue weighted by atomic mass is 10.1. The summed E-state index contributed by atoms with van der Waals surface area (Å²) in [6.07, 6.45) is -8.37. The predicted molar refractivity (Wildman–Crippen MR) is 55.6 cm³/mol. The van der Waals surface area contributed by atoms with Crippen molar-refractivity contribution >= 4 is 28.4 Å². The molecule has 1 heterocycles. The summed E-state index contributed by atoms with van der Waals surface area (Å²) >= 11 is 10.3. The fourth-order valence-electron chi connectivity index (χ4n) is 1.20. The van der Waals surface area contributed by atoms with Gasteiger partial charge in [-0.3, -0.25) is 4.79 Å². The summed E-state index contributed by atoms with van der Waals surface area (Å²) in [4.78, 5) is 14.0. The normalized spacial score (nSPS) is 11.8. The van der Waals surface area contributed by atoms with Crippen molar-refractivity contribution in [3.8, 4) is 5.75 Å².